The molecule has 8 nitrogen and oxygen atoms in total. The number of rotatable bonds is 51. The zero-order valence-corrected chi connectivity index (χ0v) is 44.6. The lowest BCUT2D eigenvalue weighted by molar-refractivity contribution is -0.151. The zero-order valence-electron chi connectivity index (χ0n) is 44.6. The summed E-state index contributed by atoms with van der Waals surface area (Å²) in [7, 11) is 0. The van der Waals surface area contributed by atoms with Crippen LogP contribution in [0.3, 0.4) is 0 Å². The van der Waals surface area contributed by atoms with E-state index in [4.69, 9.17) is 9.47 Å². The maximum absolute atomic E-state index is 12.9. The molecule has 1 rings (SSSR count). The highest BCUT2D eigenvalue weighted by atomic mass is 16.5. The summed E-state index contributed by atoms with van der Waals surface area (Å²) in [5.41, 5.74) is 0. The molecule has 8 heteroatoms. The summed E-state index contributed by atoms with van der Waals surface area (Å²) in [4.78, 5) is 32.7. The molecule has 0 aliphatic heterocycles. The standard InChI is InChI=1S/C58H111N3O5/c1-6-10-14-18-23-31-41-55(42-32-24-19-15-11-7-2)65-57(63)45-35-27-22-28-37-48-60(49-38-39-50-61-51-47-59-53(61)5)52-54(62)40-30-29-36-46-58(64)66-56(43-33-25-20-16-12-8-3)44-34-26-21-17-13-9-4/h47,51,54-56,62H,6-46,48-50,52H2,1-5H3. The van der Waals surface area contributed by atoms with Crippen molar-refractivity contribution in [3.8, 4) is 0 Å². The topological polar surface area (TPSA) is 93.9 Å². The fourth-order valence-corrected chi connectivity index (χ4v) is 9.53. The van der Waals surface area contributed by atoms with Gasteiger partial charge in [-0.1, -0.05) is 188 Å². The van der Waals surface area contributed by atoms with E-state index < -0.39 is 0 Å². The maximum Gasteiger partial charge on any atom is 0.306 e. The lowest BCUT2D eigenvalue weighted by atomic mass is 10.0. The smallest absolute Gasteiger partial charge is 0.306 e. The van der Waals surface area contributed by atoms with Gasteiger partial charge in [0, 0.05) is 38.3 Å². The van der Waals surface area contributed by atoms with Crippen LogP contribution in [0.5, 0.6) is 0 Å². The van der Waals surface area contributed by atoms with Gasteiger partial charge in [0.05, 0.1) is 6.10 Å². The van der Waals surface area contributed by atoms with Gasteiger partial charge in [-0.05, 0) is 110 Å². The Morgan fingerprint density at radius 3 is 1.26 bits per heavy atom. The normalized spacial score (nSPS) is 12.3. The molecule has 388 valence electrons. The first-order valence-electron chi connectivity index (χ1n) is 29.1. The lowest BCUT2D eigenvalue weighted by Gasteiger charge is -2.25. The van der Waals surface area contributed by atoms with Crippen molar-refractivity contribution in [2.75, 3.05) is 19.6 Å². The Balaban J connectivity index is 2.48. The number of esters is 2. The van der Waals surface area contributed by atoms with Crippen molar-refractivity contribution in [2.45, 2.75) is 323 Å². The fraction of sp³-hybridized carbons (Fsp3) is 0.914. The van der Waals surface area contributed by atoms with Gasteiger partial charge in [-0.3, -0.25) is 9.59 Å². The van der Waals surface area contributed by atoms with Crippen LogP contribution in [0.15, 0.2) is 12.4 Å². The number of imidazole rings is 1. The lowest BCUT2D eigenvalue weighted by Crippen LogP contribution is -2.34. The minimum atomic E-state index is -0.358. The summed E-state index contributed by atoms with van der Waals surface area (Å²) in [6.45, 7) is 14.8. The highest BCUT2D eigenvalue weighted by molar-refractivity contribution is 5.69. The van der Waals surface area contributed by atoms with Crippen LogP contribution in [0, 0.1) is 6.92 Å². The van der Waals surface area contributed by atoms with E-state index in [0.29, 0.717) is 19.4 Å². The molecule has 0 amide bonds. The third kappa shape index (κ3) is 39.0. The maximum atomic E-state index is 12.9. The molecular formula is C58H111N3O5. The van der Waals surface area contributed by atoms with Gasteiger partial charge in [0.2, 0.25) is 0 Å². The second-order valence-electron chi connectivity index (χ2n) is 20.4. The van der Waals surface area contributed by atoms with E-state index in [-0.39, 0.29) is 30.3 Å². The molecular weight excluding hydrogens is 819 g/mol. The summed E-state index contributed by atoms with van der Waals surface area (Å²) in [5, 5.41) is 11.2. The molecule has 0 bridgehead atoms. The van der Waals surface area contributed by atoms with Gasteiger partial charge in [-0.2, -0.15) is 0 Å². The average molecular weight is 931 g/mol. The quantitative estimate of drug-likeness (QED) is 0.0514. The Bertz CT molecular complexity index is 1160. The fourth-order valence-electron chi connectivity index (χ4n) is 9.53. The molecule has 0 aliphatic carbocycles. The molecule has 1 N–H and O–H groups in total. The molecule has 1 unspecified atom stereocenters. The van der Waals surface area contributed by atoms with Crippen LogP contribution in [0.25, 0.3) is 0 Å². The van der Waals surface area contributed by atoms with E-state index in [1.165, 1.54) is 141 Å². The van der Waals surface area contributed by atoms with Crippen molar-refractivity contribution in [2.24, 2.45) is 0 Å². The van der Waals surface area contributed by atoms with Crippen molar-refractivity contribution in [1.29, 1.82) is 0 Å². The third-order valence-corrected chi connectivity index (χ3v) is 13.9. The van der Waals surface area contributed by atoms with Gasteiger partial charge in [0.1, 0.15) is 18.0 Å². The Morgan fingerprint density at radius 2 is 0.848 bits per heavy atom. The van der Waals surface area contributed by atoms with Crippen LogP contribution in [0.1, 0.15) is 297 Å². The van der Waals surface area contributed by atoms with Gasteiger partial charge in [-0.25, -0.2) is 4.98 Å². The predicted octanol–water partition coefficient (Wildman–Crippen LogP) is 16.8. The first-order chi connectivity index (χ1) is 32.3. The Kier molecular flexibility index (Phi) is 44.0. The van der Waals surface area contributed by atoms with Crippen LogP contribution < -0.4 is 0 Å². The highest BCUT2D eigenvalue weighted by Crippen LogP contribution is 2.21. The zero-order chi connectivity index (χ0) is 48.0. The van der Waals surface area contributed by atoms with E-state index in [0.717, 1.165) is 135 Å². The number of hydrogen-bond donors (Lipinski definition) is 1. The first kappa shape index (κ1) is 62.1. The third-order valence-electron chi connectivity index (χ3n) is 13.9. The molecule has 1 atom stereocenters. The van der Waals surface area contributed by atoms with Gasteiger partial charge >= 0.3 is 11.9 Å². The van der Waals surface area contributed by atoms with E-state index in [1.807, 2.05) is 6.20 Å². The highest BCUT2D eigenvalue weighted by Gasteiger charge is 2.17. The molecule has 0 radical (unpaired) electrons. The van der Waals surface area contributed by atoms with E-state index >= 15 is 0 Å². The molecule has 0 aromatic carbocycles. The Hall–Kier alpha value is -1.93. The predicted molar refractivity (Wildman–Crippen MR) is 281 cm³/mol. The van der Waals surface area contributed by atoms with Crippen molar-refractivity contribution in [3.05, 3.63) is 18.2 Å². The molecule has 0 saturated carbocycles. The van der Waals surface area contributed by atoms with Gasteiger partial charge in [0.25, 0.3) is 0 Å². The van der Waals surface area contributed by atoms with Crippen molar-refractivity contribution in [1.82, 2.24) is 14.5 Å². The summed E-state index contributed by atoms with van der Waals surface area (Å²) in [6.07, 6.45) is 50.4. The molecule has 1 heterocycles. The molecule has 0 aliphatic rings. The number of aryl methyl sites for hydroxylation is 2. The molecule has 1 aromatic rings. The van der Waals surface area contributed by atoms with Gasteiger partial charge < -0.3 is 24.0 Å². The van der Waals surface area contributed by atoms with Crippen LogP contribution in [-0.4, -0.2) is 69.4 Å². The van der Waals surface area contributed by atoms with Crippen LogP contribution in [-0.2, 0) is 25.6 Å². The Labute approximate surface area is 409 Å². The van der Waals surface area contributed by atoms with Crippen LogP contribution >= 0.6 is 0 Å². The molecule has 1 aromatic heterocycles. The Morgan fingerprint density at radius 1 is 0.500 bits per heavy atom. The van der Waals surface area contributed by atoms with E-state index in [1.54, 1.807) is 0 Å². The summed E-state index contributed by atoms with van der Waals surface area (Å²) in [5.74, 6) is 1.04. The number of nitrogens with zero attached hydrogens (tertiary/aromatic N) is 3. The molecule has 0 spiro atoms. The van der Waals surface area contributed by atoms with Gasteiger partial charge in [-0.15, -0.1) is 0 Å². The minimum Gasteiger partial charge on any atom is -0.462 e. The van der Waals surface area contributed by atoms with Crippen LogP contribution in [0.4, 0.5) is 0 Å². The number of unbranched alkanes of at least 4 members (excludes halogenated alkanes) is 27. The first-order valence-corrected chi connectivity index (χ1v) is 29.1. The summed E-state index contributed by atoms with van der Waals surface area (Å²) in [6, 6.07) is 0. The molecule has 66 heavy (non-hydrogen) atoms. The van der Waals surface area contributed by atoms with Gasteiger partial charge in [0.15, 0.2) is 0 Å². The summed E-state index contributed by atoms with van der Waals surface area (Å²) < 4.78 is 14.4. The second-order valence-corrected chi connectivity index (χ2v) is 20.4. The monoisotopic (exact) mass is 930 g/mol. The summed E-state index contributed by atoms with van der Waals surface area (Å²) >= 11 is 0. The number of carbonyl (C=O) groups excluding carboxylic acids is 2. The minimum absolute atomic E-state index is 0.00851. The number of aliphatic hydroxyl groups excluding tert-OH is 1. The number of aliphatic hydroxyl groups is 1. The average Bonchev–Trinajstić information content (AvgIpc) is 3.72. The number of aromatic nitrogens is 2. The van der Waals surface area contributed by atoms with Crippen LogP contribution in [0.2, 0.25) is 0 Å². The molecule has 0 fully saturated rings. The van der Waals surface area contributed by atoms with Crippen molar-refractivity contribution < 1.29 is 24.2 Å². The van der Waals surface area contributed by atoms with Crippen molar-refractivity contribution in [3.63, 3.8) is 0 Å². The number of hydrogen-bond acceptors (Lipinski definition) is 7. The van der Waals surface area contributed by atoms with Crippen molar-refractivity contribution >= 4 is 11.9 Å². The SMILES string of the molecule is CCCCCCCCC(CCCCCCCC)OC(=O)CCCCCCCN(CCCCn1ccnc1C)CC(O)CCCCCC(=O)OC(CCCCCCCC)CCCCCCCC. The second kappa shape index (κ2) is 46.8. The largest absolute Gasteiger partial charge is 0.462 e. The molecule has 0 saturated heterocycles. The number of carbonyl (C=O) groups is 2. The van der Waals surface area contributed by atoms with E-state index in [2.05, 4.69) is 55.3 Å². The van der Waals surface area contributed by atoms with E-state index in [9.17, 15) is 14.7 Å². The number of ether oxygens (including phenoxy) is 2.